The van der Waals surface area contributed by atoms with Crippen molar-refractivity contribution >= 4 is 45.8 Å². The SMILES string of the molecule is CCOc1c(C(C)NC(=O)c2c(N)nn3cccnc23)cc(Cl)c2c(C#N)n[nH]c12.O=C(O)C(F)(F)F. The van der Waals surface area contributed by atoms with Crippen molar-refractivity contribution in [3.8, 4) is 11.8 Å². The summed E-state index contributed by atoms with van der Waals surface area (Å²) in [5.74, 6) is -2.66. The zero-order chi connectivity index (χ0) is 27.5. The lowest BCUT2D eigenvalue weighted by molar-refractivity contribution is -0.192. The van der Waals surface area contributed by atoms with Crippen molar-refractivity contribution in [3.63, 3.8) is 0 Å². The molecule has 0 aliphatic carbocycles. The molecular formula is C21H18ClF3N8O4. The predicted octanol–water partition coefficient (Wildman–Crippen LogP) is 3.24. The van der Waals surface area contributed by atoms with E-state index in [0.717, 1.165) is 0 Å². The van der Waals surface area contributed by atoms with E-state index in [1.54, 1.807) is 31.5 Å². The Morgan fingerprint density at radius 1 is 1.43 bits per heavy atom. The molecule has 0 spiro atoms. The van der Waals surface area contributed by atoms with E-state index in [9.17, 15) is 23.2 Å². The number of benzene rings is 1. The monoisotopic (exact) mass is 538 g/mol. The maximum Gasteiger partial charge on any atom is 0.490 e. The molecule has 0 saturated carbocycles. The number of carboxylic acid groups (broad SMARTS) is 1. The third-order valence-electron chi connectivity index (χ3n) is 4.88. The molecule has 1 amide bonds. The molecule has 0 aliphatic heterocycles. The fourth-order valence-corrected chi connectivity index (χ4v) is 3.63. The molecule has 12 nitrogen and oxygen atoms in total. The summed E-state index contributed by atoms with van der Waals surface area (Å²) in [5, 5.41) is 31.0. The maximum absolute atomic E-state index is 13.0. The number of hydrogen-bond donors (Lipinski definition) is 4. The van der Waals surface area contributed by atoms with Crippen molar-refractivity contribution in [1.82, 2.24) is 30.1 Å². The summed E-state index contributed by atoms with van der Waals surface area (Å²) in [6.07, 6.45) is -1.87. The summed E-state index contributed by atoms with van der Waals surface area (Å²) < 4.78 is 39.0. The van der Waals surface area contributed by atoms with Gasteiger partial charge >= 0.3 is 12.1 Å². The van der Waals surface area contributed by atoms with E-state index in [-0.39, 0.29) is 17.1 Å². The second-order valence-electron chi connectivity index (χ2n) is 7.29. The first kappa shape index (κ1) is 27.0. The van der Waals surface area contributed by atoms with Crippen molar-refractivity contribution in [1.29, 1.82) is 5.26 Å². The summed E-state index contributed by atoms with van der Waals surface area (Å²) in [5.41, 5.74) is 7.76. The van der Waals surface area contributed by atoms with Crippen LogP contribution >= 0.6 is 11.6 Å². The van der Waals surface area contributed by atoms with Crippen LogP contribution < -0.4 is 15.8 Å². The average molecular weight is 539 g/mol. The minimum atomic E-state index is -5.08. The Morgan fingerprint density at radius 2 is 2.11 bits per heavy atom. The third kappa shape index (κ3) is 5.48. The maximum atomic E-state index is 13.0. The minimum Gasteiger partial charge on any atom is -0.491 e. The number of nitrogens with two attached hydrogens (primary N) is 1. The van der Waals surface area contributed by atoms with Crippen LogP contribution in [0.15, 0.2) is 24.5 Å². The fraction of sp³-hybridized carbons (Fsp3) is 0.238. The summed E-state index contributed by atoms with van der Waals surface area (Å²) in [6, 6.07) is 4.84. The molecule has 0 fully saturated rings. The van der Waals surface area contributed by atoms with Gasteiger partial charge in [-0.2, -0.15) is 23.5 Å². The number of aromatic nitrogens is 5. The number of carbonyl (C=O) groups is 2. The number of aromatic amines is 1. The Labute approximate surface area is 210 Å². The number of hydrogen-bond acceptors (Lipinski definition) is 8. The fourth-order valence-electron chi connectivity index (χ4n) is 3.33. The molecule has 37 heavy (non-hydrogen) atoms. The average Bonchev–Trinajstić information content (AvgIpc) is 3.41. The van der Waals surface area contributed by atoms with Crippen LogP contribution in [0.1, 0.15) is 41.5 Å². The highest BCUT2D eigenvalue weighted by Crippen LogP contribution is 2.38. The van der Waals surface area contributed by atoms with Gasteiger partial charge in [-0.3, -0.25) is 9.89 Å². The molecule has 1 atom stereocenters. The summed E-state index contributed by atoms with van der Waals surface area (Å²) in [4.78, 5) is 26.1. The number of nitrogens with zero attached hydrogens (tertiary/aromatic N) is 5. The third-order valence-corrected chi connectivity index (χ3v) is 5.18. The molecule has 0 radical (unpaired) electrons. The molecule has 1 aromatic carbocycles. The van der Waals surface area contributed by atoms with Gasteiger partial charge in [-0.15, -0.1) is 5.10 Å². The van der Waals surface area contributed by atoms with Gasteiger partial charge in [-0.25, -0.2) is 14.3 Å². The van der Waals surface area contributed by atoms with Gasteiger partial charge in [0.1, 0.15) is 22.9 Å². The molecule has 0 aliphatic rings. The smallest absolute Gasteiger partial charge is 0.490 e. The van der Waals surface area contributed by atoms with Crippen molar-refractivity contribution in [2.75, 3.05) is 12.3 Å². The van der Waals surface area contributed by atoms with Crippen LogP contribution in [-0.2, 0) is 4.79 Å². The lowest BCUT2D eigenvalue weighted by Crippen LogP contribution is -2.27. The van der Waals surface area contributed by atoms with Gasteiger partial charge < -0.3 is 20.9 Å². The van der Waals surface area contributed by atoms with Crippen LogP contribution in [0.5, 0.6) is 5.75 Å². The molecule has 0 bridgehead atoms. The number of H-pyrrole nitrogens is 1. The Bertz CT molecular complexity index is 1530. The molecule has 4 rings (SSSR count). The lowest BCUT2D eigenvalue weighted by atomic mass is 10.0. The Balaban J connectivity index is 0.000000479. The zero-order valence-electron chi connectivity index (χ0n) is 19.1. The minimum absolute atomic E-state index is 0.0733. The normalized spacial score (nSPS) is 11.9. The summed E-state index contributed by atoms with van der Waals surface area (Å²) >= 11 is 6.42. The van der Waals surface area contributed by atoms with Gasteiger partial charge in [-0.05, 0) is 26.0 Å². The number of anilines is 1. The Morgan fingerprint density at radius 3 is 2.70 bits per heavy atom. The van der Waals surface area contributed by atoms with Crippen molar-refractivity contribution in [3.05, 3.63) is 46.4 Å². The standard InChI is InChI=1S/C19H17ClN8O2.C2HF3O2/c1-3-30-16-10(7-11(20)13-12(8-21)25-26-15(13)16)9(2)24-19(29)14-17(22)27-28-6-4-5-23-18(14)28;3-2(4,5)1(6)7/h4-7,9H,3H2,1-2H3,(H2,22,27)(H,24,29)(H,25,26);(H,6,7). The number of halogens is 4. The number of alkyl halides is 3. The highest BCUT2D eigenvalue weighted by Gasteiger charge is 2.38. The van der Waals surface area contributed by atoms with Crippen molar-refractivity contribution in [2.45, 2.75) is 26.1 Å². The Kier molecular flexibility index (Phi) is 7.73. The van der Waals surface area contributed by atoms with Crippen LogP contribution in [0, 0.1) is 11.3 Å². The van der Waals surface area contributed by atoms with Gasteiger partial charge in [0, 0.05) is 18.0 Å². The second-order valence-corrected chi connectivity index (χ2v) is 7.70. The molecule has 5 N–H and O–H groups in total. The highest BCUT2D eigenvalue weighted by molar-refractivity contribution is 6.36. The van der Waals surface area contributed by atoms with Crippen LogP contribution in [-0.4, -0.2) is 54.6 Å². The van der Waals surface area contributed by atoms with Gasteiger partial charge in [0.25, 0.3) is 5.91 Å². The van der Waals surface area contributed by atoms with Crippen LogP contribution in [0.4, 0.5) is 19.0 Å². The molecule has 3 aromatic heterocycles. The lowest BCUT2D eigenvalue weighted by Gasteiger charge is -2.19. The number of ether oxygens (including phenoxy) is 1. The quantitative estimate of drug-likeness (QED) is 0.296. The van der Waals surface area contributed by atoms with Gasteiger partial charge in [0.05, 0.1) is 23.1 Å². The predicted molar refractivity (Wildman–Crippen MR) is 124 cm³/mol. The molecule has 4 aromatic rings. The molecule has 3 heterocycles. The number of aliphatic carboxylic acids is 1. The second kappa shape index (κ2) is 10.6. The van der Waals surface area contributed by atoms with E-state index in [1.807, 2.05) is 13.0 Å². The van der Waals surface area contributed by atoms with E-state index in [0.29, 0.717) is 39.5 Å². The highest BCUT2D eigenvalue weighted by atomic mass is 35.5. The number of nitrogen functional groups attached to an aromatic ring is 1. The van der Waals surface area contributed by atoms with Crippen molar-refractivity contribution < 1.29 is 32.6 Å². The van der Waals surface area contributed by atoms with Crippen LogP contribution in [0.2, 0.25) is 5.02 Å². The number of amides is 1. The van der Waals surface area contributed by atoms with E-state index in [2.05, 4.69) is 25.6 Å². The van der Waals surface area contributed by atoms with Gasteiger partial charge in [0.2, 0.25) is 0 Å². The summed E-state index contributed by atoms with van der Waals surface area (Å²) in [7, 11) is 0. The number of rotatable bonds is 5. The van der Waals surface area contributed by atoms with Crippen LogP contribution in [0.3, 0.4) is 0 Å². The van der Waals surface area contributed by atoms with E-state index in [4.69, 9.17) is 32.0 Å². The van der Waals surface area contributed by atoms with Crippen LogP contribution in [0.25, 0.3) is 16.6 Å². The largest absolute Gasteiger partial charge is 0.491 e. The molecule has 194 valence electrons. The number of carbonyl (C=O) groups excluding carboxylic acids is 1. The van der Waals surface area contributed by atoms with Crippen molar-refractivity contribution in [2.24, 2.45) is 0 Å². The van der Waals surface area contributed by atoms with Gasteiger partial charge in [0.15, 0.2) is 17.2 Å². The molecule has 1 unspecified atom stereocenters. The van der Waals surface area contributed by atoms with E-state index in [1.165, 1.54) is 4.52 Å². The number of nitrogens with one attached hydrogen (secondary N) is 2. The molecular weight excluding hydrogens is 521 g/mol. The van der Waals surface area contributed by atoms with E-state index >= 15 is 0 Å². The summed E-state index contributed by atoms with van der Waals surface area (Å²) in [6.45, 7) is 3.99. The Hall–Kier alpha value is -4.58. The topological polar surface area (TPSA) is 184 Å². The first-order valence-electron chi connectivity index (χ1n) is 10.3. The number of carboxylic acids is 1. The molecule has 0 saturated heterocycles. The first-order valence-corrected chi connectivity index (χ1v) is 10.7. The number of fused-ring (bicyclic) bond motifs is 2. The zero-order valence-corrected chi connectivity index (χ0v) is 19.8. The first-order chi connectivity index (χ1) is 17.4. The van der Waals surface area contributed by atoms with Gasteiger partial charge in [-0.1, -0.05) is 11.6 Å². The molecule has 16 heteroatoms. The van der Waals surface area contributed by atoms with E-state index < -0.39 is 24.1 Å². The number of nitriles is 1.